The molecule has 3 saturated heterocycles. The fourth-order valence-corrected chi connectivity index (χ4v) is 6.22. The van der Waals surface area contributed by atoms with Crippen LogP contribution in [0.2, 0.25) is 0 Å². The lowest BCUT2D eigenvalue weighted by atomic mass is 9.88. The molecule has 5 rings (SSSR count). The van der Waals surface area contributed by atoms with Crippen molar-refractivity contribution < 1.29 is 19.1 Å². The number of esters is 2. The van der Waals surface area contributed by atoms with Gasteiger partial charge in [-0.15, -0.1) is 11.8 Å². The van der Waals surface area contributed by atoms with Crippen molar-refractivity contribution >= 4 is 35.4 Å². The first-order chi connectivity index (χ1) is 14.1. The van der Waals surface area contributed by atoms with E-state index in [1.165, 1.54) is 17.3 Å². The van der Waals surface area contributed by atoms with Gasteiger partial charge in [0.05, 0.1) is 17.4 Å². The Labute approximate surface area is 177 Å². The summed E-state index contributed by atoms with van der Waals surface area (Å²) in [5, 5.41) is 1.01. The Bertz CT molecular complexity index is 903. The van der Waals surface area contributed by atoms with E-state index in [9.17, 15) is 9.59 Å². The summed E-state index contributed by atoms with van der Waals surface area (Å²) in [7, 11) is 0. The van der Waals surface area contributed by atoms with E-state index in [0.29, 0.717) is 18.9 Å². The van der Waals surface area contributed by atoms with Crippen LogP contribution < -0.4 is 0 Å². The molecule has 2 bridgehead atoms. The Balaban J connectivity index is 1.22. The molecule has 1 aromatic heterocycles. The largest absolute Gasteiger partial charge is 0.421 e. The van der Waals surface area contributed by atoms with Gasteiger partial charge in [0, 0.05) is 25.4 Å². The number of fused-ring (bicyclic) bond motifs is 3. The van der Waals surface area contributed by atoms with Crippen LogP contribution >= 0.6 is 23.5 Å². The monoisotopic (exact) mass is 431 g/mol. The van der Waals surface area contributed by atoms with Gasteiger partial charge in [-0.1, -0.05) is 30.3 Å². The molecule has 2 aromatic rings. The van der Waals surface area contributed by atoms with Crippen molar-refractivity contribution in [3.63, 3.8) is 0 Å². The van der Waals surface area contributed by atoms with E-state index in [1.54, 1.807) is 11.8 Å². The maximum atomic E-state index is 11.6. The van der Waals surface area contributed by atoms with Gasteiger partial charge in [0.2, 0.25) is 0 Å². The van der Waals surface area contributed by atoms with E-state index in [0.717, 1.165) is 42.3 Å². The van der Waals surface area contributed by atoms with Gasteiger partial charge in [0.25, 0.3) is 0 Å². The van der Waals surface area contributed by atoms with Crippen molar-refractivity contribution in [2.24, 2.45) is 5.92 Å². The second kappa shape index (κ2) is 7.70. The van der Waals surface area contributed by atoms with Crippen LogP contribution in [0.4, 0.5) is 0 Å². The quantitative estimate of drug-likeness (QED) is 0.299. The lowest BCUT2D eigenvalue weighted by Gasteiger charge is -2.37. The zero-order valence-electron chi connectivity index (χ0n) is 15.8. The summed E-state index contributed by atoms with van der Waals surface area (Å²) in [5.41, 5.74) is 2.40. The average molecular weight is 432 g/mol. The Morgan fingerprint density at radius 2 is 1.93 bits per heavy atom. The van der Waals surface area contributed by atoms with Crippen molar-refractivity contribution in [3.05, 3.63) is 41.6 Å². The van der Waals surface area contributed by atoms with Crippen LogP contribution in [0.3, 0.4) is 0 Å². The second-order valence-electron chi connectivity index (χ2n) is 7.69. The van der Waals surface area contributed by atoms with Crippen LogP contribution in [0.25, 0.3) is 0 Å². The summed E-state index contributed by atoms with van der Waals surface area (Å²) in [6, 6.07) is 10.5. The molecule has 0 aliphatic carbocycles. The van der Waals surface area contributed by atoms with E-state index in [4.69, 9.17) is 9.47 Å². The van der Waals surface area contributed by atoms with Gasteiger partial charge in [-0.25, -0.2) is 14.5 Å². The molecule has 0 N–H and O–H groups in total. The number of thioether (sulfide) groups is 1. The van der Waals surface area contributed by atoms with Gasteiger partial charge in [-0.3, -0.25) is 0 Å². The van der Waals surface area contributed by atoms with E-state index in [2.05, 4.69) is 33.0 Å². The van der Waals surface area contributed by atoms with Gasteiger partial charge < -0.3 is 9.47 Å². The third-order valence-electron chi connectivity index (χ3n) is 5.95. The number of ether oxygens (including phenoxy) is 2. The highest BCUT2D eigenvalue weighted by Gasteiger charge is 2.59. The average Bonchev–Trinajstić information content (AvgIpc) is 3.40. The number of aromatic nitrogens is 2. The molecule has 1 spiro atoms. The van der Waals surface area contributed by atoms with Crippen LogP contribution in [0.15, 0.2) is 35.4 Å². The second-order valence-corrected chi connectivity index (χ2v) is 9.31. The number of piperidine rings is 1. The molecular formula is C20H21N3O4S2. The number of nitrogens with zero attached hydrogens (tertiary/aromatic N) is 3. The number of carbonyl (C=O) groups excluding carboxylic acids is 2. The van der Waals surface area contributed by atoms with E-state index in [-0.39, 0.29) is 5.92 Å². The predicted molar refractivity (Wildman–Crippen MR) is 107 cm³/mol. The molecule has 9 heteroatoms. The molecule has 29 heavy (non-hydrogen) atoms. The van der Waals surface area contributed by atoms with Crippen LogP contribution in [0.5, 0.6) is 0 Å². The number of carbonyl (C=O) groups is 2. The molecule has 0 amide bonds. The third-order valence-corrected chi connectivity index (χ3v) is 7.67. The first-order valence-corrected chi connectivity index (χ1v) is 11.6. The number of rotatable bonds is 6. The van der Waals surface area contributed by atoms with Gasteiger partial charge in [-0.05, 0) is 36.5 Å². The summed E-state index contributed by atoms with van der Waals surface area (Å²) in [5.74, 6) is -1.36. The minimum absolute atomic E-state index is 0.225. The van der Waals surface area contributed by atoms with Crippen molar-refractivity contribution in [3.8, 4) is 0 Å². The standard InChI is InChI=1S/C20H21N3O4S2/c24-18-19(25)27-20(26-18)9-8-14-11-23(20)12-15(14)16-17(22-29-21-16)28-10-4-7-13-5-2-1-3-6-13/h1-3,5-6,14-15H,4,7-12H2. The van der Waals surface area contributed by atoms with Crippen LogP contribution in [-0.4, -0.2) is 50.3 Å². The van der Waals surface area contributed by atoms with Crippen molar-refractivity contribution in [1.82, 2.24) is 13.6 Å². The first kappa shape index (κ1) is 19.0. The molecule has 3 unspecified atom stereocenters. The van der Waals surface area contributed by atoms with E-state index in [1.807, 2.05) is 11.0 Å². The summed E-state index contributed by atoms with van der Waals surface area (Å²) in [6.07, 6.45) is 3.49. The zero-order chi connectivity index (χ0) is 19.8. The zero-order valence-corrected chi connectivity index (χ0v) is 17.4. The van der Waals surface area contributed by atoms with Crippen molar-refractivity contribution in [1.29, 1.82) is 0 Å². The number of aryl methyl sites for hydroxylation is 1. The molecule has 0 radical (unpaired) electrons. The topological polar surface area (TPSA) is 81.6 Å². The summed E-state index contributed by atoms with van der Waals surface area (Å²) < 4.78 is 19.8. The summed E-state index contributed by atoms with van der Waals surface area (Å²) >= 11 is 3.02. The Hall–Kier alpha value is -1.97. The SMILES string of the molecule is O=C1OC2(CCC3CN2CC3c2nsnc2SCCCc2ccccc2)OC1=O. The number of hydrogen-bond donors (Lipinski definition) is 0. The highest BCUT2D eigenvalue weighted by molar-refractivity contribution is 7.99. The van der Waals surface area contributed by atoms with E-state index >= 15 is 0 Å². The number of hydrogen-bond acceptors (Lipinski definition) is 9. The fourth-order valence-electron chi connectivity index (χ4n) is 4.51. The minimum Gasteiger partial charge on any atom is -0.400 e. The summed E-state index contributed by atoms with van der Waals surface area (Å²) in [6.45, 7) is 1.40. The normalized spacial score (nSPS) is 27.2. The smallest absolute Gasteiger partial charge is 0.400 e. The molecule has 4 heterocycles. The van der Waals surface area contributed by atoms with Gasteiger partial charge in [0.1, 0.15) is 5.03 Å². The van der Waals surface area contributed by atoms with Gasteiger partial charge in [0.15, 0.2) is 0 Å². The third kappa shape index (κ3) is 3.55. The molecule has 1 aromatic carbocycles. The molecule has 3 atom stereocenters. The summed E-state index contributed by atoms with van der Waals surface area (Å²) in [4.78, 5) is 25.2. The first-order valence-electron chi connectivity index (χ1n) is 9.85. The molecule has 152 valence electrons. The lowest BCUT2D eigenvalue weighted by Crippen LogP contribution is -2.51. The van der Waals surface area contributed by atoms with Crippen LogP contribution in [0.1, 0.15) is 36.4 Å². The highest BCUT2D eigenvalue weighted by Crippen LogP contribution is 2.48. The Kier molecular flexibility index (Phi) is 5.05. The number of benzene rings is 1. The molecule has 0 saturated carbocycles. The molecule has 3 fully saturated rings. The fraction of sp³-hybridized carbons (Fsp3) is 0.500. The predicted octanol–water partition coefficient (Wildman–Crippen LogP) is 2.83. The maximum absolute atomic E-state index is 11.6. The van der Waals surface area contributed by atoms with Crippen molar-refractivity contribution in [2.75, 3.05) is 18.8 Å². The lowest BCUT2D eigenvalue weighted by molar-refractivity contribution is -0.257. The molecule has 3 aliphatic rings. The van der Waals surface area contributed by atoms with Crippen molar-refractivity contribution in [2.45, 2.75) is 42.5 Å². The van der Waals surface area contributed by atoms with Gasteiger partial charge >= 0.3 is 17.8 Å². The maximum Gasteiger partial charge on any atom is 0.421 e. The van der Waals surface area contributed by atoms with Crippen LogP contribution in [0, 0.1) is 5.92 Å². The van der Waals surface area contributed by atoms with E-state index < -0.39 is 17.8 Å². The minimum atomic E-state index is -1.20. The van der Waals surface area contributed by atoms with Crippen LogP contribution in [-0.2, 0) is 25.5 Å². The molecule has 3 aliphatic heterocycles. The Morgan fingerprint density at radius 3 is 2.72 bits per heavy atom. The Morgan fingerprint density at radius 1 is 1.14 bits per heavy atom. The highest BCUT2D eigenvalue weighted by atomic mass is 32.2. The molecule has 7 nitrogen and oxygen atoms in total. The molecular weight excluding hydrogens is 410 g/mol. The van der Waals surface area contributed by atoms with Gasteiger partial charge in [-0.2, -0.15) is 8.75 Å².